The Kier molecular flexibility index (Phi) is 3.25. The van der Waals surface area contributed by atoms with Gasteiger partial charge in [0.1, 0.15) is 0 Å². The monoisotopic (exact) mass is 248 g/mol. The topological polar surface area (TPSA) is 62.2 Å². The summed E-state index contributed by atoms with van der Waals surface area (Å²) in [6, 6.07) is 8.95. The van der Waals surface area contributed by atoms with Crippen LogP contribution in [0.1, 0.15) is 0 Å². The number of hydrogen-bond acceptors (Lipinski definition) is 2. The van der Waals surface area contributed by atoms with Gasteiger partial charge in [-0.25, -0.2) is 4.79 Å². The Hall–Kier alpha value is -2.07. The van der Waals surface area contributed by atoms with Crippen molar-refractivity contribution in [3.8, 4) is 11.1 Å². The zero-order valence-electron chi connectivity index (χ0n) is 8.72. The molecule has 2 aromatic rings. The second-order valence-corrected chi connectivity index (χ2v) is 3.74. The fourth-order valence-corrected chi connectivity index (χ4v) is 1.76. The summed E-state index contributed by atoms with van der Waals surface area (Å²) in [5.41, 5.74) is 1.88. The van der Waals surface area contributed by atoms with Crippen LogP contribution in [-0.2, 0) is 0 Å². The Morgan fingerprint density at radius 3 is 2.71 bits per heavy atom. The molecule has 1 amide bonds. The Morgan fingerprint density at radius 2 is 2.00 bits per heavy atom. The van der Waals surface area contributed by atoms with E-state index in [0.29, 0.717) is 16.3 Å². The largest absolute Gasteiger partial charge is 0.465 e. The van der Waals surface area contributed by atoms with Gasteiger partial charge in [-0.3, -0.25) is 10.3 Å². The first-order valence-electron chi connectivity index (χ1n) is 4.87. The molecule has 5 heteroatoms. The van der Waals surface area contributed by atoms with E-state index in [-0.39, 0.29) is 0 Å². The molecule has 0 aliphatic carbocycles. The van der Waals surface area contributed by atoms with Crippen molar-refractivity contribution < 1.29 is 9.90 Å². The molecule has 0 atom stereocenters. The lowest BCUT2D eigenvalue weighted by molar-refractivity contribution is 0.210. The van der Waals surface area contributed by atoms with Gasteiger partial charge in [-0.15, -0.1) is 0 Å². The highest BCUT2D eigenvalue weighted by molar-refractivity contribution is 6.33. The minimum Gasteiger partial charge on any atom is -0.465 e. The average Bonchev–Trinajstić information content (AvgIpc) is 2.30. The SMILES string of the molecule is O=C(O)Nc1cnccc1-c1ccccc1Cl. The molecular formula is C12H9ClN2O2. The van der Waals surface area contributed by atoms with Crippen LogP contribution in [0.5, 0.6) is 0 Å². The molecule has 1 aromatic carbocycles. The molecule has 0 saturated heterocycles. The predicted octanol–water partition coefficient (Wildman–Crippen LogP) is 3.49. The first-order valence-corrected chi connectivity index (χ1v) is 5.25. The van der Waals surface area contributed by atoms with Crippen molar-refractivity contribution in [3.63, 3.8) is 0 Å². The van der Waals surface area contributed by atoms with Crippen molar-refractivity contribution in [2.24, 2.45) is 0 Å². The zero-order valence-corrected chi connectivity index (χ0v) is 9.48. The lowest BCUT2D eigenvalue weighted by Crippen LogP contribution is -2.08. The van der Waals surface area contributed by atoms with E-state index in [2.05, 4.69) is 10.3 Å². The fraction of sp³-hybridized carbons (Fsp3) is 0. The Labute approximate surface area is 103 Å². The van der Waals surface area contributed by atoms with Crippen LogP contribution in [0.15, 0.2) is 42.7 Å². The summed E-state index contributed by atoms with van der Waals surface area (Å²) in [5, 5.41) is 11.6. The molecule has 0 aliphatic heterocycles. The number of halogens is 1. The first-order chi connectivity index (χ1) is 8.18. The average molecular weight is 249 g/mol. The third kappa shape index (κ3) is 2.54. The molecule has 0 unspecified atom stereocenters. The van der Waals surface area contributed by atoms with Crippen molar-refractivity contribution in [3.05, 3.63) is 47.7 Å². The highest BCUT2D eigenvalue weighted by Crippen LogP contribution is 2.32. The summed E-state index contributed by atoms with van der Waals surface area (Å²) >= 11 is 6.07. The minimum atomic E-state index is -1.13. The summed E-state index contributed by atoms with van der Waals surface area (Å²) in [5.74, 6) is 0. The molecule has 1 heterocycles. The van der Waals surface area contributed by atoms with Crippen LogP contribution < -0.4 is 5.32 Å². The van der Waals surface area contributed by atoms with Crippen LogP contribution in [0.4, 0.5) is 10.5 Å². The van der Waals surface area contributed by atoms with E-state index in [1.54, 1.807) is 18.3 Å². The standard InChI is InChI=1S/C12H9ClN2O2/c13-10-4-2-1-3-8(10)9-5-6-14-7-11(9)15-12(16)17/h1-7,15H,(H,16,17). The van der Waals surface area contributed by atoms with Crippen LogP contribution >= 0.6 is 11.6 Å². The van der Waals surface area contributed by atoms with E-state index < -0.39 is 6.09 Å². The zero-order chi connectivity index (χ0) is 12.3. The first kappa shape index (κ1) is 11.4. The number of rotatable bonds is 2. The van der Waals surface area contributed by atoms with Crippen molar-refractivity contribution >= 4 is 23.4 Å². The Bertz CT molecular complexity index is 558. The molecule has 86 valence electrons. The van der Waals surface area contributed by atoms with Gasteiger partial charge in [-0.2, -0.15) is 0 Å². The number of carboxylic acid groups (broad SMARTS) is 1. The lowest BCUT2D eigenvalue weighted by Gasteiger charge is -2.09. The van der Waals surface area contributed by atoms with Crippen LogP contribution in [0.3, 0.4) is 0 Å². The van der Waals surface area contributed by atoms with E-state index in [0.717, 1.165) is 5.56 Å². The maximum absolute atomic E-state index is 10.7. The Balaban J connectivity index is 2.52. The van der Waals surface area contributed by atoms with Gasteiger partial charge in [0.05, 0.1) is 11.9 Å². The summed E-state index contributed by atoms with van der Waals surface area (Å²) in [6.45, 7) is 0. The van der Waals surface area contributed by atoms with Crippen molar-refractivity contribution in [1.29, 1.82) is 0 Å². The highest BCUT2D eigenvalue weighted by Gasteiger charge is 2.09. The highest BCUT2D eigenvalue weighted by atomic mass is 35.5. The summed E-state index contributed by atoms with van der Waals surface area (Å²) < 4.78 is 0. The predicted molar refractivity (Wildman–Crippen MR) is 66.3 cm³/mol. The molecule has 0 bridgehead atoms. The van der Waals surface area contributed by atoms with Gasteiger partial charge in [-0.05, 0) is 12.1 Å². The smallest absolute Gasteiger partial charge is 0.409 e. The number of hydrogen-bond donors (Lipinski definition) is 2. The maximum atomic E-state index is 10.7. The van der Waals surface area contributed by atoms with Crippen LogP contribution in [0.2, 0.25) is 5.02 Å². The summed E-state index contributed by atoms with van der Waals surface area (Å²) in [6.07, 6.45) is 1.91. The fourth-order valence-electron chi connectivity index (χ4n) is 1.52. The Morgan fingerprint density at radius 1 is 1.24 bits per heavy atom. The lowest BCUT2D eigenvalue weighted by atomic mass is 10.1. The van der Waals surface area contributed by atoms with E-state index >= 15 is 0 Å². The van der Waals surface area contributed by atoms with Crippen molar-refractivity contribution in [1.82, 2.24) is 4.98 Å². The second-order valence-electron chi connectivity index (χ2n) is 3.33. The quantitative estimate of drug-likeness (QED) is 0.855. The van der Waals surface area contributed by atoms with Gasteiger partial charge in [0, 0.05) is 22.3 Å². The normalized spacial score (nSPS) is 9.94. The van der Waals surface area contributed by atoms with Crippen molar-refractivity contribution in [2.75, 3.05) is 5.32 Å². The number of nitrogens with zero attached hydrogens (tertiary/aromatic N) is 1. The van der Waals surface area contributed by atoms with Gasteiger partial charge < -0.3 is 5.11 Å². The molecule has 2 rings (SSSR count). The minimum absolute atomic E-state index is 0.410. The molecule has 0 aliphatic rings. The second kappa shape index (κ2) is 4.84. The number of aromatic nitrogens is 1. The molecule has 0 radical (unpaired) electrons. The molecule has 0 spiro atoms. The third-order valence-corrected chi connectivity index (χ3v) is 2.56. The maximum Gasteiger partial charge on any atom is 0.409 e. The molecule has 0 fully saturated rings. The molecule has 2 N–H and O–H groups in total. The molecule has 4 nitrogen and oxygen atoms in total. The van der Waals surface area contributed by atoms with E-state index in [1.807, 2.05) is 18.2 Å². The molecular weight excluding hydrogens is 240 g/mol. The van der Waals surface area contributed by atoms with Crippen LogP contribution in [-0.4, -0.2) is 16.2 Å². The summed E-state index contributed by atoms with van der Waals surface area (Å²) in [4.78, 5) is 14.5. The number of benzene rings is 1. The number of carbonyl (C=O) groups is 1. The van der Waals surface area contributed by atoms with E-state index in [9.17, 15) is 4.79 Å². The van der Waals surface area contributed by atoms with Gasteiger partial charge in [0.2, 0.25) is 0 Å². The van der Waals surface area contributed by atoms with Crippen molar-refractivity contribution in [2.45, 2.75) is 0 Å². The summed E-state index contributed by atoms with van der Waals surface area (Å²) in [7, 11) is 0. The molecule has 0 saturated carbocycles. The van der Waals surface area contributed by atoms with Gasteiger partial charge in [0.25, 0.3) is 0 Å². The number of anilines is 1. The molecule has 1 aromatic heterocycles. The number of pyridine rings is 1. The third-order valence-electron chi connectivity index (χ3n) is 2.23. The van der Waals surface area contributed by atoms with Crippen LogP contribution in [0, 0.1) is 0 Å². The van der Waals surface area contributed by atoms with Gasteiger partial charge >= 0.3 is 6.09 Å². The van der Waals surface area contributed by atoms with Gasteiger partial charge in [0.15, 0.2) is 0 Å². The number of nitrogens with one attached hydrogen (secondary N) is 1. The van der Waals surface area contributed by atoms with Gasteiger partial charge in [-0.1, -0.05) is 29.8 Å². The van der Waals surface area contributed by atoms with E-state index in [1.165, 1.54) is 6.20 Å². The number of amides is 1. The van der Waals surface area contributed by atoms with Crippen LogP contribution in [0.25, 0.3) is 11.1 Å². The van der Waals surface area contributed by atoms with E-state index in [4.69, 9.17) is 16.7 Å². The molecule has 17 heavy (non-hydrogen) atoms.